The summed E-state index contributed by atoms with van der Waals surface area (Å²) >= 11 is 0. The molecule has 0 N–H and O–H groups in total. The second-order valence-corrected chi connectivity index (χ2v) is 4.99. The number of hydrogen-bond acceptors (Lipinski definition) is 2. The molecule has 0 aliphatic carbocycles. The van der Waals surface area contributed by atoms with Crippen molar-refractivity contribution in [3.05, 3.63) is 73.4 Å². The van der Waals surface area contributed by atoms with Crippen LogP contribution in [0.5, 0.6) is 0 Å². The molecule has 2 rings (SSSR count). The SMILES string of the molecule is C=CCCN1CC=C[C@@H](OCc2ccccc2)[C@@H]1C=C. The molecule has 1 aromatic rings. The van der Waals surface area contributed by atoms with Gasteiger partial charge in [0.1, 0.15) is 0 Å². The van der Waals surface area contributed by atoms with Gasteiger partial charge in [0.15, 0.2) is 0 Å². The predicted molar refractivity (Wildman–Crippen MR) is 84.5 cm³/mol. The lowest BCUT2D eigenvalue weighted by molar-refractivity contribution is 0.0170. The van der Waals surface area contributed by atoms with Gasteiger partial charge in [-0.05, 0) is 12.0 Å². The molecule has 0 saturated carbocycles. The Morgan fingerprint density at radius 2 is 2.05 bits per heavy atom. The van der Waals surface area contributed by atoms with Gasteiger partial charge in [0, 0.05) is 13.1 Å². The third-order valence-corrected chi connectivity index (χ3v) is 3.57. The molecule has 2 nitrogen and oxygen atoms in total. The molecule has 106 valence electrons. The summed E-state index contributed by atoms with van der Waals surface area (Å²) in [6, 6.07) is 10.5. The molecule has 1 aliphatic heterocycles. The smallest absolute Gasteiger partial charge is 0.0951 e. The Bertz CT molecular complexity index is 452. The van der Waals surface area contributed by atoms with Crippen molar-refractivity contribution < 1.29 is 4.74 Å². The Labute approximate surface area is 122 Å². The Hall–Kier alpha value is -1.64. The summed E-state index contributed by atoms with van der Waals surface area (Å²) < 4.78 is 6.06. The number of hydrogen-bond donors (Lipinski definition) is 0. The predicted octanol–water partition coefficient (Wildman–Crippen LogP) is 3.57. The zero-order valence-corrected chi connectivity index (χ0v) is 11.9. The first kappa shape index (κ1) is 14.8. The fourth-order valence-corrected chi connectivity index (χ4v) is 2.48. The summed E-state index contributed by atoms with van der Waals surface area (Å²) in [5, 5.41) is 0. The maximum Gasteiger partial charge on any atom is 0.0951 e. The Morgan fingerprint density at radius 1 is 1.25 bits per heavy atom. The van der Waals surface area contributed by atoms with Gasteiger partial charge >= 0.3 is 0 Å². The molecule has 0 amide bonds. The van der Waals surface area contributed by atoms with Gasteiger partial charge < -0.3 is 4.74 Å². The lowest BCUT2D eigenvalue weighted by atomic mass is 10.0. The van der Waals surface area contributed by atoms with Gasteiger partial charge in [0.25, 0.3) is 0 Å². The van der Waals surface area contributed by atoms with Crippen LogP contribution in [0.4, 0.5) is 0 Å². The Kier molecular flexibility index (Phi) is 5.78. The van der Waals surface area contributed by atoms with E-state index >= 15 is 0 Å². The standard InChI is InChI=1S/C18H23NO/c1-3-5-13-19-14-9-12-18(17(19)4-2)20-15-16-10-7-6-8-11-16/h3-4,6-12,17-18H,1-2,5,13-15H2/t17-,18+/m0/s1. The van der Waals surface area contributed by atoms with Crippen LogP contribution in [0, 0.1) is 0 Å². The molecule has 0 bridgehead atoms. The molecule has 20 heavy (non-hydrogen) atoms. The van der Waals surface area contributed by atoms with E-state index in [1.165, 1.54) is 5.56 Å². The minimum atomic E-state index is 0.0753. The van der Waals surface area contributed by atoms with Crippen molar-refractivity contribution >= 4 is 0 Å². The monoisotopic (exact) mass is 269 g/mol. The second-order valence-electron chi connectivity index (χ2n) is 4.99. The van der Waals surface area contributed by atoms with E-state index in [4.69, 9.17) is 4.74 Å². The van der Waals surface area contributed by atoms with E-state index in [2.05, 4.69) is 42.3 Å². The lowest BCUT2D eigenvalue weighted by Crippen LogP contribution is -2.45. The highest BCUT2D eigenvalue weighted by molar-refractivity contribution is 5.15. The van der Waals surface area contributed by atoms with Gasteiger partial charge in [0.05, 0.1) is 18.8 Å². The van der Waals surface area contributed by atoms with Crippen LogP contribution in [0.25, 0.3) is 0 Å². The Balaban J connectivity index is 1.95. The van der Waals surface area contributed by atoms with Crippen molar-refractivity contribution in [1.82, 2.24) is 4.90 Å². The van der Waals surface area contributed by atoms with Crippen LogP contribution in [0.2, 0.25) is 0 Å². The molecule has 0 aromatic heterocycles. The van der Waals surface area contributed by atoms with Gasteiger partial charge in [-0.25, -0.2) is 0 Å². The molecule has 1 aromatic carbocycles. The van der Waals surface area contributed by atoms with E-state index < -0.39 is 0 Å². The lowest BCUT2D eigenvalue weighted by Gasteiger charge is -2.36. The average Bonchev–Trinajstić information content (AvgIpc) is 2.51. The highest BCUT2D eigenvalue weighted by atomic mass is 16.5. The zero-order valence-electron chi connectivity index (χ0n) is 11.9. The molecule has 2 heteroatoms. The molecule has 0 radical (unpaired) electrons. The molecule has 2 atom stereocenters. The molecule has 0 saturated heterocycles. The van der Waals surface area contributed by atoms with E-state index in [0.29, 0.717) is 6.61 Å². The number of nitrogens with zero attached hydrogens (tertiary/aromatic N) is 1. The summed E-state index contributed by atoms with van der Waals surface area (Å²) in [4.78, 5) is 2.38. The highest BCUT2D eigenvalue weighted by Gasteiger charge is 2.25. The minimum Gasteiger partial charge on any atom is -0.367 e. The summed E-state index contributed by atoms with van der Waals surface area (Å²) in [6.07, 6.45) is 9.34. The highest BCUT2D eigenvalue weighted by Crippen LogP contribution is 2.18. The average molecular weight is 269 g/mol. The van der Waals surface area contributed by atoms with Crippen LogP contribution < -0.4 is 0 Å². The third-order valence-electron chi connectivity index (χ3n) is 3.57. The number of benzene rings is 1. The van der Waals surface area contributed by atoms with Crippen molar-refractivity contribution in [3.8, 4) is 0 Å². The summed E-state index contributed by atoms with van der Waals surface area (Å²) in [7, 11) is 0. The van der Waals surface area contributed by atoms with E-state index in [1.807, 2.05) is 30.4 Å². The van der Waals surface area contributed by atoms with Crippen molar-refractivity contribution in [3.63, 3.8) is 0 Å². The van der Waals surface area contributed by atoms with Crippen LogP contribution in [0.1, 0.15) is 12.0 Å². The zero-order chi connectivity index (χ0) is 14.2. The fourth-order valence-electron chi connectivity index (χ4n) is 2.48. The topological polar surface area (TPSA) is 12.5 Å². The summed E-state index contributed by atoms with van der Waals surface area (Å²) in [6.45, 7) is 10.3. The maximum atomic E-state index is 6.06. The molecule has 1 heterocycles. The maximum absolute atomic E-state index is 6.06. The first-order valence-electron chi connectivity index (χ1n) is 7.15. The molecular formula is C18H23NO. The van der Waals surface area contributed by atoms with Gasteiger partial charge in [-0.1, -0.05) is 54.6 Å². The number of rotatable bonds is 7. The van der Waals surface area contributed by atoms with Crippen LogP contribution in [0.15, 0.2) is 67.8 Å². The van der Waals surface area contributed by atoms with Crippen molar-refractivity contribution in [2.24, 2.45) is 0 Å². The third kappa shape index (κ3) is 3.92. The molecule has 0 fully saturated rings. The molecule has 0 unspecified atom stereocenters. The molecule has 1 aliphatic rings. The van der Waals surface area contributed by atoms with Crippen LogP contribution in [0.3, 0.4) is 0 Å². The van der Waals surface area contributed by atoms with Gasteiger partial charge in [-0.2, -0.15) is 0 Å². The molecular weight excluding hydrogens is 246 g/mol. The summed E-state index contributed by atoms with van der Waals surface area (Å²) in [5.74, 6) is 0. The fraction of sp³-hybridized carbons (Fsp3) is 0.333. The first-order valence-corrected chi connectivity index (χ1v) is 7.15. The van der Waals surface area contributed by atoms with Crippen LogP contribution in [-0.4, -0.2) is 30.1 Å². The van der Waals surface area contributed by atoms with E-state index in [9.17, 15) is 0 Å². The second kappa shape index (κ2) is 7.83. The minimum absolute atomic E-state index is 0.0753. The Morgan fingerprint density at radius 3 is 2.75 bits per heavy atom. The normalized spacial score (nSPS) is 22.6. The van der Waals surface area contributed by atoms with E-state index in [-0.39, 0.29) is 12.1 Å². The number of ether oxygens (including phenoxy) is 1. The van der Waals surface area contributed by atoms with Crippen molar-refractivity contribution in [2.75, 3.05) is 13.1 Å². The molecule has 0 spiro atoms. The van der Waals surface area contributed by atoms with Crippen LogP contribution in [-0.2, 0) is 11.3 Å². The van der Waals surface area contributed by atoms with Crippen LogP contribution >= 0.6 is 0 Å². The van der Waals surface area contributed by atoms with Gasteiger partial charge in [-0.3, -0.25) is 4.90 Å². The van der Waals surface area contributed by atoms with Gasteiger partial charge in [0.2, 0.25) is 0 Å². The van der Waals surface area contributed by atoms with Gasteiger partial charge in [-0.15, -0.1) is 13.2 Å². The largest absolute Gasteiger partial charge is 0.367 e. The van der Waals surface area contributed by atoms with E-state index in [0.717, 1.165) is 19.5 Å². The quantitative estimate of drug-likeness (QED) is 0.702. The first-order chi connectivity index (χ1) is 9.85. The van der Waals surface area contributed by atoms with E-state index in [1.54, 1.807) is 0 Å². The summed E-state index contributed by atoms with van der Waals surface area (Å²) in [5.41, 5.74) is 1.20. The van der Waals surface area contributed by atoms with Crippen molar-refractivity contribution in [1.29, 1.82) is 0 Å². The van der Waals surface area contributed by atoms with Crippen molar-refractivity contribution in [2.45, 2.75) is 25.2 Å².